The molecule has 1 fully saturated rings. The van der Waals surface area contributed by atoms with Gasteiger partial charge in [-0.25, -0.2) is 4.98 Å². The lowest BCUT2D eigenvalue weighted by atomic mass is 9.96. The Hall–Kier alpha value is -2.91. The fourth-order valence-electron chi connectivity index (χ4n) is 4.06. The zero-order chi connectivity index (χ0) is 22.1. The van der Waals surface area contributed by atoms with E-state index in [-0.39, 0.29) is 24.3 Å². The molecule has 3 aromatic heterocycles. The normalized spacial score (nSPS) is 14.8. The van der Waals surface area contributed by atoms with E-state index in [4.69, 9.17) is 9.15 Å². The van der Waals surface area contributed by atoms with Crippen LogP contribution >= 0.6 is 22.7 Å². The van der Waals surface area contributed by atoms with Crippen LogP contribution in [0.4, 0.5) is 0 Å². The molecule has 166 valence electrons. The molecule has 1 aromatic carbocycles. The monoisotopic (exact) mass is 469 g/mol. The molecule has 1 aliphatic heterocycles. The van der Waals surface area contributed by atoms with Gasteiger partial charge in [-0.05, 0) is 43.3 Å². The minimum Gasteiger partial charge on any atom is -0.483 e. The molecule has 0 radical (unpaired) electrons. The molecule has 0 spiro atoms. The van der Waals surface area contributed by atoms with Crippen LogP contribution < -0.4 is 10.1 Å². The molecule has 2 amide bonds. The molecule has 5 rings (SSSR count). The Bertz CT molecular complexity index is 1250. The van der Waals surface area contributed by atoms with Crippen LogP contribution in [0, 0.1) is 12.8 Å². The molecular formula is C23H23N3O4S2. The number of carbonyl (C=O) groups is 2. The number of fused-ring (bicyclic) bond motifs is 3. The number of likely N-dealkylation sites (tertiary alicyclic amines) is 1. The van der Waals surface area contributed by atoms with E-state index in [1.807, 2.05) is 30.5 Å². The Morgan fingerprint density at radius 3 is 2.94 bits per heavy atom. The number of nitrogens with zero attached hydrogens (tertiary/aromatic N) is 2. The van der Waals surface area contributed by atoms with Crippen LogP contribution in [0.25, 0.3) is 20.3 Å². The number of aryl methyl sites for hydroxylation is 1. The fraction of sp³-hybridized carbons (Fsp3) is 0.348. The summed E-state index contributed by atoms with van der Waals surface area (Å²) in [5.74, 6) is 1.32. The van der Waals surface area contributed by atoms with Crippen molar-refractivity contribution in [3.8, 4) is 5.75 Å². The van der Waals surface area contributed by atoms with Crippen molar-refractivity contribution in [3.63, 3.8) is 0 Å². The molecule has 1 aliphatic rings. The zero-order valence-corrected chi connectivity index (χ0v) is 19.3. The summed E-state index contributed by atoms with van der Waals surface area (Å²) >= 11 is 3.27. The molecule has 1 saturated heterocycles. The summed E-state index contributed by atoms with van der Waals surface area (Å²) in [7, 11) is 0. The molecule has 0 atom stereocenters. The predicted octanol–water partition coefficient (Wildman–Crippen LogP) is 4.35. The van der Waals surface area contributed by atoms with Crippen molar-refractivity contribution < 1.29 is 18.7 Å². The van der Waals surface area contributed by atoms with Gasteiger partial charge in [0.05, 0.1) is 32.7 Å². The molecular weight excluding hydrogens is 446 g/mol. The first-order chi connectivity index (χ1) is 15.6. The number of aromatic nitrogens is 1. The maximum atomic E-state index is 12.8. The number of nitrogens with one attached hydrogen (secondary N) is 1. The van der Waals surface area contributed by atoms with Gasteiger partial charge in [-0.2, -0.15) is 0 Å². The van der Waals surface area contributed by atoms with Crippen LogP contribution in [0.15, 0.2) is 40.3 Å². The third-order valence-electron chi connectivity index (χ3n) is 5.75. The molecule has 7 nitrogen and oxygen atoms in total. The van der Waals surface area contributed by atoms with Crippen molar-refractivity contribution in [2.45, 2.75) is 26.3 Å². The number of carbonyl (C=O) groups excluding carboxylic acids is 2. The number of hydrogen-bond acceptors (Lipinski definition) is 7. The summed E-state index contributed by atoms with van der Waals surface area (Å²) < 4.78 is 13.4. The highest BCUT2D eigenvalue weighted by atomic mass is 32.1. The van der Waals surface area contributed by atoms with Crippen molar-refractivity contribution in [3.05, 3.63) is 46.7 Å². The van der Waals surface area contributed by atoms with Gasteiger partial charge in [-0.1, -0.05) is 0 Å². The molecule has 4 aromatic rings. The van der Waals surface area contributed by atoms with E-state index in [1.54, 1.807) is 39.9 Å². The van der Waals surface area contributed by atoms with Crippen LogP contribution in [0.5, 0.6) is 5.75 Å². The minimum absolute atomic E-state index is 0.0103. The fourth-order valence-corrected chi connectivity index (χ4v) is 5.89. The third kappa shape index (κ3) is 4.22. The minimum atomic E-state index is -0.0858. The maximum Gasteiger partial charge on any atom is 0.260 e. The quantitative estimate of drug-likeness (QED) is 0.454. The average molecular weight is 470 g/mol. The van der Waals surface area contributed by atoms with Crippen molar-refractivity contribution in [2.24, 2.45) is 5.92 Å². The average Bonchev–Trinajstić information content (AvgIpc) is 3.55. The second-order valence-corrected chi connectivity index (χ2v) is 10.0. The van der Waals surface area contributed by atoms with E-state index in [1.165, 1.54) is 0 Å². The van der Waals surface area contributed by atoms with Gasteiger partial charge < -0.3 is 19.4 Å². The van der Waals surface area contributed by atoms with E-state index in [0.29, 0.717) is 32.5 Å². The first-order valence-corrected chi connectivity index (χ1v) is 12.3. The zero-order valence-electron chi connectivity index (χ0n) is 17.6. The summed E-state index contributed by atoms with van der Waals surface area (Å²) in [5.41, 5.74) is 1.00. The summed E-state index contributed by atoms with van der Waals surface area (Å²) in [6.45, 7) is 3.49. The van der Waals surface area contributed by atoms with E-state index < -0.39 is 0 Å². The van der Waals surface area contributed by atoms with Gasteiger partial charge in [0.25, 0.3) is 5.91 Å². The number of thiazole rings is 1. The lowest BCUT2D eigenvalue weighted by Crippen LogP contribution is -2.44. The van der Waals surface area contributed by atoms with Crippen molar-refractivity contribution in [1.82, 2.24) is 15.2 Å². The lowest BCUT2D eigenvalue weighted by Gasteiger charge is -2.31. The molecule has 1 N–H and O–H groups in total. The molecule has 4 heterocycles. The number of amides is 2. The smallest absolute Gasteiger partial charge is 0.260 e. The Balaban J connectivity index is 1.16. The highest BCUT2D eigenvalue weighted by Gasteiger charge is 2.27. The summed E-state index contributed by atoms with van der Waals surface area (Å²) in [6.07, 6.45) is 2.89. The Kier molecular flexibility index (Phi) is 5.84. The maximum absolute atomic E-state index is 12.8. The molecule has 0 bridgehead atoms. The van der Waals surface area contributed by atoms with Gasteiger partial charge in [0.1, 0.15) is 11.5 Å². The van der Waals surface area contributed by atoms with Gasteiger partial charge in [0.2, 0.25) is 5.91 Å². The molecule has 9 heteroatoms. The van der Waals surface area contributed by atoms with Crippen molar-refractivity contribution in [2.75, 3.05) is 19.7 Å². The van der Waals surface area contributed by atoms with Gasteiger partial charge in [-0.15, -0.1) is 22.7 Å². The second kappa shape index (κ2) is 8.91. The topological polar surface area (TPSA) is 84.7 Å². The number of hydrogen-bond donors (Lipinski definition) is 1. The van der Waals surface area contributed by atoms with Crippen LogP contribution in [0.2, 0.25) is 0 Å². The highest BCUT2D eigenvalue weighted by Crippen LogP contribution is 2.38. The summed E-state index contributed by atoms with van der Waals surface area (Å²) in [5, 5.41) is 6.94. The van der Waals surface area contributed by atoms with Gasteiger partial charge >= 0.3 is 0 Å². The lowest BCUT2D eigenvalue weighted by molar-refractivity contribution is -0.137. The summed E-state index contributed by atoms with van der Waals surface area (Å²) in [6, 6.07) is 7.63. The second-order valence-electron chi connectivity index (χ2n) is 7.86. The van der Waals surface area contributed by atoms with Crippen molar-refractivity contribution in [1.29, 1.82) is 0 Å². The SMILES string of the molecule is Cc1nc2c(cc(OCC(=O)N3CCC(C(=O)NCc4ccco4)CC3)c3ccsc32)s1. The first-order valence-electron chi connectivity index (χ1n) is 10.6. The number of ether oxygens (including phenoxy) is 1. The van der Waals surface area contributed by atoms with Gasteiger partial charge in [0.15, 0.2) is 6.61 Å². The Labute approximate surface area is 193 Å². The van der Waals surface area contributed by atoms with Crippen LogP contribution in [-0.2, 0) is 16.1 Å². The van der Waals surface area contributed by atoms with Crippen molar-refractivity contribution >= 4 is 54.8 Å². The number of thiophene rings is 1. The predicted molar refractivity (Wildman–Crippen MR) is 125 cm³/mol. The molecule has 0 unspecified atom stereocenters. The number of rotatable bonds is 6. The summed E-state index contributed by atoms with van der Waals surface area (Å²) in [4.78, 5) is 31.6. The number of benzene rings is 1. The van der Waals surface area contributed by atoms with Crippen LogP contribution in [0.3, 0.4) is 0 Å². The van der Waals surface area contributed by atoms with E-state index in [0.717, 1.165) is 36.8 Å². The van der Waals surface area contributed by atoms with E-state index >= 15 is 0 Å². The molecule has 0 aliphatic carbocycles. The number of piperidine rings is 1. The van der Waals surface area contributed by atoms with E-state index in [2.05, 4.69) is 10.3 Å². The van der Waals surface area contributed by atoms with Gasteiger partial charge in [-0.3, -0.25) is 9.59 Å². The standard InChI is InChI=1S/C23H23N3O4S2/c1-14-25-21-19(32-14)11-18(17-6-10-31-22(17)21)30-13-20(27)26-7-4-15(5-8-26)23(28)24-12-16-3-2-9-29-16/h2-3,6,9-11,15H,4-5,7-8,12-13H2,1H3,(H,24,28). The Morgan fingerprint density at radius 1 is 1.31 bits per heavy atom. The first kappa shape index (κ1) is 21.0. The molecule has 0 saturated carbocycles. The highest BCUT2D eigenvalue weighted by molar-refractivity contribution is 7.21. The van der Waals surface area contributed by atoms with E-state index in [9.17, 15) is 9.59 Å². The largest absolute Gasteiger partial charge is 0.483 e. The van der Waals surface area contributed by atoms with Gasteiger partial charge in [0, 0.05) is 30.5 Å². The molecule has 32 heavy (non-hydrogen) atoms. The van der Waals surface area contributed by atoms with Crippen LogP contribution in [-0.4, -0.2) is 41.4 Å². The third-order valence-corrected chi connectivity index (χ3v) is 7.59. The Morgan fingerprint density at radius 2 is 2.16 bits per heavy atom. The number of furan rings is 1. The van der Waals surface area contributed by atoms with Crippen LogP contribution in [0.1, 0.15) is 23.6 Å².